The third-order valence-corrected chi connectivity index (χ3v) is 2.40. The fourth-order valence-electron chi connectivity index (χ4n) is 1.17. The van der Waals surface area contributed by atoms with Crippen molar-refractivity contribution in [3.63, 3.8) is 0 Å². The maximum Gasteiger partial charge on any atom is 0.418 e. The summed E-state index contributed by atoms with van der Waals surface area (Å²) in [6.07, 6.45) is -7.69. The number of aromatic nitrogens is 1. The predicted molar refractivity (Wildman–Crippen MR) is 51.2 cm³/mol. The summed E-state index contributed by atoms with van der Waals surface area (Å²) < 4.78 is 62.3. The van der Waals surface area contributed by atoms with Crippen LogP contribution in [0.3, 0.4) is 0 Å². The molecule has 0 saturated heterocycles. The summed E-state index contributed by atoms with van der Waals surface area (Å²) in [4.78, 5) is 3.44. The van der Waals surface area contributed by atoms with E-state index in [0.717, 1.165) is 0 Å². The number of nitrogens with two attached hydrogens (primary N) is 1. The van der Waals surface area contributed by atoms with Crippen LogP contribution in [0.5, 0.6) is 0 Å². The lowest BCUT2D eigenvalue weighted by Crippen LogP contribution is -2.15. The molecule has 1 aromatic heterocycles. The second-order valence-electron chi connectivity index (χ2n) is 2.88. The molecule has 0 saturated carbocycles. The maximum atomic E-state index is 12.5. The van der Waals surface area contributed by atoms with Gasteiger partial charge in [0.05, 0.1) is 22.5 Å². The minimum absolute atomic E-state index is 0.0363. The smallest absolute Gasteiger partial charge is 0.397 e. The Morgan fingerprint density at radius 1 is 1.38 bits per heavy atom. The summed E-state index contributed by atoms with van der Waals surface area (Å²) >= 11 is 2.87. The molecular formula is C8H6BrF5N2. The van der Waals surface area contributed by atoms with E-state index >= 15 is 0 Å². The van der Waals surface area contributed by atoms with Crippen molar-refractivity contribution in [3.05, 3.63) is 23.0 Å². The molecule has 2 nitrogen and oxygen atoms in total. The zero-order valence-electron chi connectivity index (χ0n) is 7.65. The Bertz CT molecular complexity index is 391. The SMILES string of the molecule is Nc1c(CBr)ncc(C(F)F)c1C(F)(F)F. The lowest BCUT2D eigenvalue weighted by molar-refractivity contribution is -0.138. The Hall–Kier alpha value is -0.920. The van der Waals surface area contributed by atoms with Gasteiger partial charge in [-0.05, 0) is 0 Å². The highest BCUT2D eigenvalue weighted by molar-refractivity contribution is 9.08. The molecule has 0 bridgehead atoms. The molecule has 16 heavy (non-hydrogen) atoms. The molecule has 0 aliphatic rings. The fourth-order valence-corrected chi connectivity index (χ4v) is 1.62. The van der Waals surface area contributed by atoms with E-state index in [2.05, 4.69) is 20.9 Å². The molecule has 1 heterocycles. The molecule has 0 aliphatic heterocycles. The van der Waals surface area contributed by atoms with Gasteiger partial charge in [-0.2, -0.15) is 13.2 Å². The fraction of sp³-hybridized carbons (Fsp3) is 0.375. The molecule has 0 fully saturated rings. The summed E-state index contributed by atoms with van der Waals surface area (Å²) in [5.74, 6) is 0. The van der Waals surface area contributed by atoms with Crippen molar-refractivity contribution < 1.29 is 22.0 Å². The van der Waals surface area contributed by atoms with E-state index in [1.165, 1.54) is 0 Å². The average molecular weight is 305 g/mol. The van der Waals surface area contributed by atoms with Crippen LogP contribution in [0.2, 0.25) is 0 Å². The monoisotopic (exact) mass is 304 g/mol. The molecule has 1 aromatic rings. The second-order valence-corrected chi connectivity index (χ2v) is 3.44. The third kappa shape index (κ3) is 2.42. The van der Waals surface area contributed by atoms with Gasteiger partial charge < -0.3 is 5.73 Å². The quantitative estimate of drug-likeness (QED) is 0.671. The van der Waals surface area contributed by atoms with Gasteiger partial charge in [0.1, 0.15) is 0 Å². The zero-order valence-corrected chi connectivity index (χ0v) is 9.24. The first-order chi connectivity index (χ1) is 7.29. The number of hydrogen-bond donors (Lipinski definition) is 1. The van der Waals surface area contributed by atoms with E-state index in [9.17, 15) is 22.0 Å². The largest absolute Gasteiger partial charge is 0.418 e. The van der Waals surface area contributed by atoms with Crippen LogP contribution in [0, 0.1) is 0 Å². The highest BCUT2D eigenvalue weighted by Gasteiger charge is 2.39. The summed E-state index contributed by atoms with van der Waals surface area (Å²) in [5.41, 5.74) is 1.59. The first-order valence-corrected chi connectivity index (χ1v) is 5.09. The van der Waals surface area contributed by atoms with Gasteiger partial charge in [-0.25, -0.2) is 8.78 Å². The van der Waals surface area contributed by atoms with Gasteiger partial charge >= 0.3 is 6.18 Å². The number of rotatable bonds is 2. The van der Waals surface area contributed by atoms with Crippen molar-refractivity contribution in [1.29, 1.82) is 0 Å². The minimum Gasteiger partial charge on any atom is -0.397 e. The third-order valence-electron chi connectivity index (χ3n) is 1.87. The minimum atomic E-state index is -4.92. The standard InChI is InChI=1S/C8H6BrF5N2/c9-1-4-6(15)5(8(12,13)14)3(2-16-4)7(10)11/h2,7H,1,15H2. The number of nitrogen functional groups attached to an aromatic ring is 1. The van der Waals surface area contributed by atoms with E-state index in [1.54, 1.807) is 0 Å². The van der Waals surface area contributed by atoms with Gasteiger partial charge in [-0.3, -0.25) is 4.98 Å². The van der Waals surface area contributed by atoms with Gasteiger partial charge in [0.15, 0.2) is 0 Å². The van der Waals surface area contributed by atoms with Crippen molar-refractivity contribution in [1.82, 2.24) is 4.98 Å². The summed E-state index contributed by atoms with van der Waals surface area (Å²) in [7, 11) is 0. The van der Waals surface area contributed by atoms with Crippen molar-refractivity contribution in [2.24, 2.45) is 0 Å². The Kier molecular flexibility index (Phi) is 3.72. The first-order valence-electron chi connectivity index (χ1n) is 3.97. The van der Waals surface area contributed by atoms with Crippen molar-refractivity contribution in [2.45, 2.75) is 17.9 Å². The van der Waals surface area contributed by atoms with Crippen LogP contribution in [-0.4, -0.2) is 4.98 Å². The zero-order chi connectivity index (χ0) is 12.5. The van der Waals surface area contributed by atoms with Crippen molar-refractivity contribution in [3.8, 4) is 0 Å². The molecule has 0 aromatic carbocycles. The van der Waals surface area contributed by atoms with Crippen LogP contribution in [-0.2, 0) is 11.5 Å². The van der Waals surface area contributed by atoms with Gasteiger partial charge in [0, 0.05) is 11.5 Å². The lowest BCUT2D eigenvalue weighted by atomic mass is 10.1. The Morgan fingerprint density at radius 2 is 1.94 bits per heavy atom. The Morgan fingerprint density at radius 3 is 2.31 bits per heavy atom. The van der Waals surface area contributed by atoms with Crippen LogP contribution < -0.4 is 5.73 Å². The predicted octanol–water partition coefficient (Wildman–Crippen LogP) is 3.52. The van der Waals surface area contributed by atoms with Crippen LogP contribution in [0.1, 0.15) is 23.2 Å². The van der Waals surface area contributed by atoms with E-state index < -0.39 is 29.4 Å². The molecule has 0 spiro atoms. The molecule has 0 radical (unpaired) electrons. The van der Waals surface area contributed by atoms with E-state index in [-0.39, 0.29) is 11.0 Å². The maximum absolute atomic E-state index is 12.5. The number of nitrogens with zero attached hydrogens (tertiary/aromatic N) is 1. The first kappa shape index (κ1) is 13.1. The molecule has 1 rings (SSSR count). The summed E-state index contributed by atoms with van der Waals surface area (Å²) in [5, 5.41) is -0.0363. The van der Waals surface area contributed by atoms with Gasteiger partial charge in [-0.1, -0.05) is 15.9 Å². The average Bonchev–Trinajstić information content (AvgIpc) is 2.14. The van der Waals surface area contributed by atoms with Crippen LogP contribution in [0.15, 0.2) is 6.20 Å². The summed E-state index contributed by atoms with van der Waals surface area (Å²) in [6, 6.07) is 0. The molecular weight excluding hydrogens is 299 g/mol. The summed E-state index contributed by atoms with van der Waals surface area (Å²) in [6.45, 7) is 0. The number of anilines is 1. The molecule has 2 N–H and O–H groups in total. The van der Waals surface area contributed by atoms with Crippen LogP contribution in [0.4, 0.5) is 27.6 Å². The number of alkyl halides is 6. The van der Waals surface area contributed by atoms with Gasteiger partial charge in [0.2, 0.25) is 0 Å². The van der Waals surface area contributed by atoms with Crippen LogP contribution in [0.25, 0.3) is 0 Å². The van der Waals surface area contributed by atoms with Gasteiger partial charge in [0.25, 0.3) is 6.43 Å². The molecule has 0 amide bonds. The molecule has 0 unspecified atom stereocenters. The Balaban J connectivity index is 3.50. The van der Waals surface area contributed by atoms with E-state index in [1.807, 2.05) is 0 Å². The number of pyridine rings is 1. The highest BCUT2D eigenvalue weighted by Crippen LogP contribution is 2.40. The molecule has 90 valence electrons. The van der Waals surface area contributed by atoms with Crippen molar-refractivity contribution in [2.75, 3.05) is 5.73 Å². The topological polar surface area (TPSA) is 38.9 Å². The van der Waals surface area contributed by atoms with Crippen LogP contribution >= 0.6 is 15.9 Å². The normalized spacial score (nSPS) is 12.2. The highest BCUT2D eigenvalue weighted by atomic mass is 79.9. The number of halogens is 6. The lowest BCUT2D eigenvalue weighted by Gasteiger charge is -2.16. The molecule has 0 aliphatic carbocycles. The molecule has 0 atom stereocenters. The Labute approximate surface area is 95.8 Å². The van der Waals surface area contributed by atoms with E-state index in [0.29, 0.717) is 6.20 Å². The van der Waals surface area contributed by atoms with Gasteiger partial charge in [-0.15, -0.1) is 0 Å². The van der Waals surface area contributed by atoms with Crippen molar-refractivity contribution >= 4 is 21.6 Å². The molecule has 8 heteroatoms. The van der Waals surface area contributed by atoms with E-state index in [4.69, 9.17) is 5.73 Å². The number of hydrogen-bond acceptors (Lipinski definition) is 2. The second kappa shape index (κ2) is 4.52.